The fourth-order valence-electron chi connectivity index (χ4n) is 3.56. The average molecular weight is 444 g/mol. The highest BCUT2D eigenvalue weighted by molar-refractivity contribution is 9.10. The van der Waals surface area contributed by atoms with Crippen molar-refractivity contribution in [2.75, 3.05) is 13.8 Å². The number of benzene rings is 2. The third-order valence-electron chi connectivity index (χ3n) is 5.17. The van der Waals surface area contributed by atoms with Gasteiger partial charge in [-0.1, -0.05) is 15.9 Å². The zero-order chi connectivity index (χ0) is 20.0. The van der Waals surface area contributed by atoms with Crippen LogP contribution in [0.1, 0.15) is 40.9 Å². The lowest BCUT2D eigenvalue weighted by molar-refractivity contribution is 0.0678. The summed E-state index contributed by atoms with van der Waals surface area (Å²) in [6, 6.07) is 7.92. The van der Waals surface area contributed by atoms with Crippen molar-refractivity contribution in [3.8, 4) is 17.2 Å². The Balaban J connectivity index is 1.74. The minimum Gasteiger partial charge on any atom is -0.496 e. The van der Waals surface area contributed by atoms with Crippen LogP contribution in [-0.4, -0.2) is 30.6 Å². The molecule has 0 aromatic heterocycles. The van der Waals surface area contributed by atoms with Gasteiger partial charge in [-0.05, 0) is 51.1 Å². The van der Waals surface area contributed by atoms with Crippen LogP contribution in [0.3, 0.4) is 0 Å². The smallest absolute Gasteiger partial charge is 0.231 e. The SMILES string of the molecule is COc1ccc(Br)cc1/C=C1\Oc2c(cc3c(c2C)OCN(C(C)C)C3)C1=O. The van der Waals surface area contributed by atoms with Gasteiger partial charge in [-0.2, -0.15) is 0 Å². The number of rotatable bonds is 3. The summed E-state index contributed by atoms with van der Waals surface area (Å²) in [5.74, 6) is 2.25. The van der Waals surface area contributed by atoms with E-state index in [1.807, 2.05) is 31.2 Å². The number of ether oxygens (including phenoxy) is 3. The molecule has 0 N–H and O–H groups in total. The van der Waals surface area contributed by atoms with Gasteiger partial charge >= 0.3 is 0 Å². The van der Waals surface area contributed by atoms with Crippen LogP contribution in [0.25, 0.3) is 6.08 Å². The molecule has 5 nitrogen and oxygen atoms in total. The van der Waals surface area contributed by atoms with E-state index in [1.54, 1.807) is 13.2 Å². The maximum atomic E-state index is 13.0. The molecule has 4 rings (SSSR count). The van der Waals surface area contributed by atoms with E-state index < -0.39 is 0 Å². The molecule has 0 spiro atoms. The predicted molar refractivity (Wildman–Crippen MR) is 111 cm³/mol. The van der Waals surface area contributed by atoms with Crippen molar-refractivity contribution in [2.45, 2.75) is 33.4 Å². The monoisotopic (exact) mass is 443 g/mol. The number of carbonyl (C=O) groups is 1. The minimum absolute atomic E-state index is 0.121. The Morgan fingerprint density at radius 1 is 1.25 bits per heavy atom. The van der Waals surface area contributed by atoms with Gasteiger partial charge in [0.1, 0.15) is 24.0 Å². The van der Waals surface area contributed by atoms with Crippen molar-refractivity contribution in [2.24, 2.45) is 0 Å². The Kier molecular flexibility index (Phi) is 4.93. The molecular formula is C22H22BrNO4. The van der Waals surface area contributed by atoms with Crippen molar-refractivity contribution in [3.05, 3.63) is 56.8 Å². The summed E-state index contributed by atoms with van der Waals surface area (Å²) in [6.07, 6.45) is 1.73. The van der Waals surface area contributed by atoms with E-state index in [0.29, 0.717) is 29.8 Å². The predicted octanol–water partition coefficient (Wildman–Crippen LogP) is 4.94. The molecule has 2 aromatic carbocycles. The molecule has 0 amide bonds. The Labute approximate surface area is 173 Å². The zero-order valence-corrected chi connectivity index (χ0v) is 17.9. The molecule has 0 radical (unpaired) electrons. The van der Waals surface area contributed by atoms with Crippen molar-refractivity contribution < 1.29 is 19.0 Å². The van der Waals surface area contributed by atoms with Crippen molar-refractivity contribution in [1.82, 2.24) is 4.90 Å². The maximum Gasteiger partial charge on any atom is 0.231 e. The second kappa shape index (κ2) is 7.26. The Morgan fingerprint density at radius 3 is 2.75 bits per heavy atom. The lowest BCUT2D eigenvalue weighted by Gasteiger charge is -2.32. The second-order valence-electron chi connectivity index (χ2n) is 7.31. The number of Topliss-reactive ketones (excluding diaryl/α,β-unsaturated/α-hetero) is 1. The van der Waals surface area contributed by atoms with Crippen LogP contribution in [-0.2, 0) is 6.54 Å². The van der Waals surface area contributed by atoms with E-state index in [1.165, 1.54) is 0 Å². The molecule has 0 aliphatic carbocycles. The standard InChI is InChI=1S/C22H22BrNO4/c1-12(2)24-10-15-8-17-20(25)19(28-22(17)13(3)21(15)27-11-24)9-14-7-16(23)5-6-18(14)26-4/h5-9,12H,10-11H2,1-4H3/b19-9-. The fraction of sp³-hybridized carbons (Fsp3) is 0.318. The lowest BCUT2D eigenvalue weighted by Crippen LogP contribution is -2.37. The van der Waals surface area contributed by atoms with Crippen LogP contribution in [0.4, 0.5) is 0 Å². The van der Waals surface area contributed by atoms with Crippen LogP contribution in [0.2, 0.25) is 0 Å². The maximum absolute atomic E-state index is 13.0. The molecule has 0 saturated heterocycles. The summed E-state index contributed by atoms with van der Waals surface area (Å²) in [7, 11) is 1.60. The van der Waals surface area contributed by atoms with Gasteiger partial charge in [0, 0.05) is 33.7 Å². The van der Waals surface area contributed by atoms with Crippen LogP contribution < -0.4 is 14.2 Å². The van der Waals surface area contributed by atoms with Crippen LogP contribution in [0.5, 0.6) is 17.2 Å². The summed E-state index contributed by atoms with van der Waals surface area (Å²) < 4.78 is 18.3. The van der Waals surface area contributed by atoms with E-state index in [2.05, 4.69) is 34.7 Å². The third-order valence-corrected chi connectivity index (χ3v) is 5.67. The number of hydrogen-bond acceptors (Lipinski definition) is 5. The molecular weight excluding hydrogens is 422 g/mol. The average Bonchev–Trinajstić information content (AvgIpc) is 2.98. The van der Waals surface area contributed by atoms with Crippen molar-refractivity contribution >= 4 is 27.8 Å². The Morgan fingerprint density at radius 2 is 2.04 bits per heavy atom. The largest absolute Gasteiger partial charge is 0.496 e. The van der Waals surface area contributed by atoms with Crippen molar-refractivity contribution in [1.29, 1.82) is 0 Å². The molecule has 0 saturated carbocycles. The van der Waals surface area contributed by atoms with Crippen LogP contribution >= 0.6 is 15.9 Å². The molecule has 2 heterocycles. The van der Waals surface area contributed by atoms with E-state index in [9.17, 15) is 4.79 Å². The topological polar surface area (TPSA) is 48.0 Å². The summed E-state index contributed by atoms with van der Waals surface area (Å²) in [5, 5.41) is 0. The van der Waals surface area contributed by atoms with Gasteiger partial charge in [-0.3, -0.25) is 9.69 Å². The van der Waals surface area contributed by atoms with Gasteiger partial charge < -0.3 is 14.2 Å². The first kappa shape index (κ1) is 19.0. The number of halogens is 1. The quantitative estimate of drug-likeness (QED) is 0.628. The molecule has 0 unspecified atom stereocenters. The molecule has 2 aliphatic heterocycles. The Bertz CT molecular complexity index is 997. The minimum atomic E-state index is -0.121. The van der Waals surface area contributed by atoms with Gasteiger partial charge in [-0.15, -0.1) is 0 Å². The van der Waals surface area contributed by atoms with Gasteiger partial charge in [0.15, 0.2) is 5.76 Å². The highest BCUT2D eigenvalue weighted by Gasteiger charge is 2.34. The second-order valence-corrected chi connectivity index (χ2v) is 8.22. The molecule has 0 fully saturated rings. The van der Waals surface area contributed by atoms with E-state index in [-0.39, 0.29) is 11.5 Å². The molecule has 0 atom stereocenters. The normalized spacial score (nSPS) is 17.4. The number of methoxy groups -OCH3 is 1. The van der Waals surface area contributed by atoms with Crippen LogP contribution in [0, 0.1) is 6.92 Å². The zero-order valence-electron chi connectivity index (χ0n) is 16.3. The number of hydrogen-bond donors (Lipinski definition) is 0. The van der Waals surface area contributed by atoms with Crippen molar-refractivity contribution in [3.63, 3.8) is 0 Å². The Hall–Kier alpha value is -2.31. The summed E-state index contributed by atoms with van der Waals surface area (Å²) in [4.78, 5) is 15.3. The van der Waals surface area contributed by atoms with E-state index in [0.717, 1.165) is 33.5 Å². The van der Waals surface area contributed by atoms with Gasteiger partial charge in [-0.25, -0.2) is 0 Å². The highest BCUT2D eigenvalue weighted by Crippen LogP contribution is 2.43. The summed E-state index contributed by atoms with van der Waals surface area (Å²) in [5.41, 5.74) is 3.26. The van der Waals surface area contributed by atoms with Gasteiger partial charge in [0.25, 0.3) is 0 Å². The molecule has 28 heavy (non-hydrogen) atoms. The number of fused-ring (bicyclic) bond motifs is 2. The summed E-state index contributed by atoms with van der Waals surface area (Å²) in [6.45, 7) is 7.51. The number of ketones is 1. The molecule has 6 heteroatoms. The third kappa shape index (κ3) is 3.20. The fourth-order valence-corrected chi connectivity index (χ4v) is 3.94. The van der Waals surface area contributed by atoms with Gasteiger partial charge in [0.05, 0.1) is 12.7 Å². The van der Waals surface area contributed by atoms with E-state index >= 15 is 0 Å². The first-order chi connectivity index (χ1) is 13.4. The molecule has 0 bridgehead atoms. The van der Waals surface area contributed by atoms with E-state index in [4.69, 9.17) is 14.2 Å². The van der Waals surface area contributed by atoms with Crippen LogP contribution in [0.15, 0.2) is 34.5 Å². The molecule has 2 aromatic rings. The lowest BCUT2D eigenvalue weighted by atomic mass is 9.99. The number of nitrogens with zero attached hydrogens (tertiary/aromatic N) is 1. The van der Waals surface area contributed by atoms with Gasteiger partial charge in [0.2, 0.25) is 5.78 Å². The highest BCUT2D eigenvalue weighted by atomic mass is 79.9. The first-order valence-electron chi connectivity index (χ1n) is 9.20. The number of allylic oxidation sites excluding steroid dienone is 1. The molecule has 2 aliphatic rings. The molecule has 146 valence electrons. The first-order valence-corrected chi connectivity index (χ1v) is 9.99. The number of carbonyl (C=O) groups excluding carboxylic acids is 1. The summed E-state index contributed by atoms with van der Waals surface area (Å²) >= 11 is 3.46.